The van der Waals surface area contributed by atoms with Gasteiger partial charge in [0, 0.05) is 24.1 Å². The second kappa shape index (κ2) is 4.68. The summed E-state index contributed by atoms with van der Waals surface area (Å²) in [5.41, 5.74) is 2.05. The van der Waals surface area contributed by atoms with Gasteiger partial charge in [-0.2, -0.15) is 0 Å². The van der Waals surface area contributed by atoms with E-state index in [1.54, 1.807) is 0 Å². The van der Waals surface area contributed by atoms with Crippen molar-refractivity contribution in [2.75, 3.05) is 18.6 Å². The van der Waals surface area contributed by atoms with Gasteiger partial charge in [-0.15, -0.1) is 0 Å². The standard InChI is InChI=1S/C15H17NO3/c1-19-14(17)8-11-9-16(15(18)10-6-7-10)13-5-3-2-4-12(11)13/h2-5,10-11H,6-9H2,1H3. The fourth-order valence-corrected chi connectivity index (χ4v) is 2.71. The van der Waals surface area contributed by atoms with Crippen LogP contribution in [0.4, 0.5) is 5.69 Å². The third-order valence-electron chi connectivity index (χ3n) is 3.90. The van der Waals surface area contributed by atoms with E-state index in [-0.39, 0.29) is 23.7 Å². The molecule has 1 fully saturated rings. The number of anilines is 1. The molecule has 1 aromatic rings. The van der Waals surface area contributed by atoms with E-state index in [1.165, 1.54) is 7.11 Å². The highest BCUT2D eigenvalue weighted by Crippen LogP contribution is 2.41. The van der Waals surface area contributed by atoms with Gasteiger partial charge in [0.25, 0.3) is 0 Å². The van der Waals surface area contributed by atoms with Crippen molar-refractivity contribution in [3.63, 3.8) is 0 Å². The average molecular weight is 259 g/mol. The number of carbonyl (C=O) groups excluding carboxylic acids is 2. The first-order valence-electron chi connectivity index (χ1n) is 6.68. The Hall–Kier alpha value is -1.84. The van der Waals surface area contributed by atoms with Crippen LogP contribution >= 0.6 is 0 Å². The molecular weight excluding hydrogens is 242 g/mol. The van der Waals surface area contributed by atoms with Crippen LogP contribution in [0.3, 0.4) is 0 Å². The zero-order valence-electron chi connectivity index (χ0n) is 11.0. The quantitative estimate of drug-likeness (QED) is 0.781. The lowest BCUT2D eigenvalue weighted by molar-refractivity contribution is -0.141. The van der Waals surface area contributed by atoms with Gasteiger partial charge in [-0.25, -0.2) is 0 Å². The average Bonchev–Trinajstić information content (AvgIpc) is 3.22. The number of para-hydroxylation sites is 1. The number of benzene rings is 1. The molecule has 2 aliphatic rings. The van der Waals surface area contributed by atoms with E-state index in [0.29, 0.717) is 13.0 Å². The predicted octanol–water partition coefficient (Wildman–Crippen LogP) is 2.09. The fourth-order valence-electron chi connectivity index (χ4n) is 2.71. The highest BCUT2D eigenvalue weighted by molar-refractivity contribution is 5.98. The summed E-state index contributed by atoms with van der Waals surface area (Å²) in [5.74, 6) is 0.247. The summed E-state index contributed by atoms with van der Waals surface area (Å²) in [7, 11) is 1.40. The fraction of sp³-hybridized carbons (Fsp3) is 0.467. The molecule has 0 spiro atoms. The second-order valence-corrected chi connectivity index (χ2v) is 5.26. The summed E-state index contributed by atoms with van der Waals surface area (Å²) < 4.78 is 4.74. The Morgan fingerprint density at radius 3 is 2.74 bits per heavy atom. The predicted molar refractivity (Wildman–Crippen MR) is 70.9 cm³/mol. The van der Waals surface area contributed by atoms with Gasteiger partial charge < -0.3 is 9.64 Å². The van der Waals surface area contributed by atoms with Gasteiger partial charge >= 0.3 is 5.97 Å². The highest BCUT2D eigenvalue weighted by atomic mass is 16.5. The molecule has 0 N–H and O–H groups in total. The topological polar surface area (TPSA) is 46.6 Å². The molecule has 19 heavy (non-hydrogen) atoms. The van der Waals surface area contributed by atoms with Gasteiger partial charge in [-0.05, 0) is 24.5 Å². The Morgan fingerprint density at radius 1 is 1.32 bits per heavy atom. The molecule has 1 atom stereocenters. The molecule has 3 rings (SSSR count). The smallest absolute Gasteiger partial charge is 0.306 e. The van der Waals surface area contributed by atoms with Crippen LogP contribution in [0.1, 0.15) is 30.7 Å². The monoisotopic (exact) mass is 259 g/mol. The molecule has 1 heterocycles. The molecule has 4 nitrogen and oxygen atoms in total. The molecule has 0 radical (unpaired) electrons. The number of amides is 1. The zero-order chi connectivity index (χ0) is 13.4. The normalized spacial score (nSPS) is 21.1. The molecule has 1 amide bonds. The number of nitrogens with zero attached hydrogens (tertiary/aromatic N) is 1. The number of esters is 1. The number of hydrogen-bond donors (Lipinski definition) is 0. The lowest BCUT2D eigenvalue weighted by Gasteiger charge is -2.17. The van der Waals surface area contributed by atoms with Crippen molar-refractivity contribution in [2.45, 2.75) is 25.2 Å². The van der Waals surface area contributed by atoms with Crippen molar-refractivity contribution >= 4 is 17.6 Å². The van der Waals surface area contributed by atoms with E-state index in [9.17, 15) is 9.59 Å². The van der Waals surface area contributed by atoms with Crippen LogP contribution in [0.5, 0.6) is 0 Å². The third kappa shape index (κ3) is 2.23. The van der Waals surface area contributed by atoms with Crippen molar-refractivity contribution in [1.29, 1.82) is 0 Å². The van der Waals surface area contributed by atoms with Gasteiger partial charge in [-0.1, -0.05) is 18.2 Å². The molecule has 1 saturated carbocycles. The SMILES string of the molecule is COC(=O)CC1CN(C(=O)C2CC2)c2ccccc21. The molecule has 1 aliphatic carbocycles. The molecule has 100 valence electrons. The summed E-state index contributed by atoms with van der Waals surface area (Å²) in [6.45, 7) is 0.601. The Bertz CT molecular complexity index is 522. The summed E-state index contributed by atoms with van der Waals surface area (Å²) in [6.07, 6.45) is 2.33. The maximum atomic E-state index is 12.3. The van der Waals surface area contributed by atoms with E-state index in [0.717, 1.165) is 24.1 Å². The summed E-state index contributed by atoms with van der Waals surface area (Å²) in [4.78, 5) is 25.6. The molecule has 1 aromatic carbocycles. The minimum Gasteiger partial charge on any atom is -0.469 e. The van der Waals surface area contributed by atoms with Crippen LogP contribution in [0.15, 0.2) is 24.3 Å². The Labute approximate surface area is 112 Å². The maximum Gasteiger partial charge on any atom is 0.306 e. The van der Waals surface area contributed by atoms with Crippen LogP contribution < -0.4 is 4.90 Å². The van der Waals surface area contributed by atoms with Crippen LogP contribution in [0.2, 0.25) is 0 Å². The molecule has 0 saturated heterocycles. The van der Waals surface area contributed by atoms with Crippen LogP contribution in [-0.2, 0) is 14.3 Å². The molecule has 1 aliphatic heterocycles. The number of methoxy groups -OCH3 is 1. The Morgan fingerprint density at radius 2 is 2.05 bits per heavy atom. The maximum absolute atomic E-state index is 12.3. The van der Waals surface area contributed by atoms with Crippen molar-refractivity contribution in [3.8, 4) is 0 Å². The molecule has 4 heteroatoms. The van der Waals surface area contributed by atoms with E-state index in [2.05, 4.69) is 0 Å². The summed E-state index contributed by atoms with van der Waals surface area (Å²) >= 11 is 0. The number of fused-ring (bicyclic) bond motifs is 1. The van der Waals surface area contributed by atoms with Crippen LogP contribution in [0.25, 0.3) is 0 Å². The van der Waals surface area contributed by atoms with Crippen molar-refractivity contribution < 1.29 is 14.3 Å². The minimum absolute atomic E-state index is 0.0614. The van der Waals surface area contributed by atoms with Gasteiger partial charge in [0.05, 0.1) is 13.5 Å². The second-order valence-electron chi connectivity index (χ2n) is 5.26. The van der Waals surface area contributed by atoms with Crippen LogP contribution in [0, 0.1) is 5.92 Å². The summed E-state index contributed by atoms with van der Waals surface area (Å²) in [5, 5.41) is 0. The highest BCUT2D eigenvalue weighted by Gasteiger charge is 2.39. The number of ether oxygens (including phenoxy) is 1. The first-order valence-corrected chi connectivity index (χ1v) is 6.68. The third-order valence-corrected chi connectivity index (χ3v) is 3.90. The van der Waals surface area contributed by atoms with Crippen molar-refractivity contribution in [3.05, 3.63) is 29.8 Å². The lowest BCUT2D eigenvalue weighted by atomic mass is 9.98. The van der Waals surface area contributed by atoms with Gasteiger partial charge in [-0.3, -0.25) is 9.59 Å². The van der Waals surface area contributed by atoms with Gasteiger partial charge in [0.2, 0.25) is 5.91 Å². The lowest BCUT2D eigenvalue weighted by Crippen LogP contribution is -2.31. The first-order chi connectivity index (χ1) is 9.20. The zero-order valence-corrected chi connectivity index (χ0v) is 11.0. The number of rotatable bonds is 3. The molecule has 0 bridgehead atoms. The molecule has 1 unspecified atom stereocenters. The number of carbonyl (C=O) groups is 2. The molecular formula is C15H17NO3. The Kier molecular flexibility index (Phi) is 3.01. The van der Waals surface area contributed by atoms with E-state index < -0.39 is 0 Å². The van der Waals surface area contributed by atoms with E-state index >= 15 is 0 Å². The van der Waals surface area contributed by atoms with E-state index in [4.69, 9.17) is 4.74 Å². The van der Waals surface area contributed by atoms with E-state index in [1.807, 2.05) is 29.2 Å². The van der Waals surface area contributed by atoms with Gasteiger partial charge in [0.1, 0.15) is 0 Å². The van der Waals surface area contributed by atoms with Crippen molar-refractivity contribution in [1.82, 2.24) is 0 Å². The largest absolute Gasteiger partial charge is 0.469 e. The Balaban J connectivity index is 1.86. The van der Waals surface area contributed by atoms with Gasteiger partial charge in [0.15, 0.2) is 0 Å². The van der Waals surface area contributed by atoms with Crippen molar-refractivity contribution in [2.24, 2.45) is 5.92 Å². The molecule has 0 aromatic heterocycles. The summed E-state index contributed by atoms with van der Waals surface area (Å²) in [6, 6.07) is 7.86. The number of hydrogen-bond acceptors (Lipinski definition) is 3. The first kappa shape index (κ1) is 12.2. The minimum atomic E-state index is -0.222. The van der Waals surface area contributed by atoms with Crippen LogP contribution in [-0.4, -0.2) is 25.5 Å².